The largest absolute Gasteiger partial charge is 0.419 e. The molecule has 4 heterocycles. The standard InChI is InChI=1S/C25H26F3N5.C2H4.CH5N/c26-25(27,28)19-13-17(15-30-22(19)29)20-14-21-23(10-12-33(21)31-20)9-11-32(16-23)24(7-4-8-24)18-5-2-1-3-6-18;2*1-2/h1-3,5-6,13-15H,4,7-12,16H2,(H2,29,30);1-2H2;2H2,1H3. The molecule has 1 aliphatic carbocycles. The Morgan fingerprint density at radius 1 is 0.973 bits per heavy atom. The van der Waals surface area contributed by atoms with E-state index >= 15 is 0 Å². The number of anilines is 1. The third kappa shape index (κ3) is 4.55. The number of halogens is 3. The molecular formula is C28H35F3N6. The maximum Gasteiger partial charge on any atom is 0.419 e. The summed E-state index contributed by atoms with van der Waals surface area (Å²) in [6.07, 6.45) is 2.49. The maximum absolute atomic E-state index is 13.3. The second-order valence-electron chi connectivity index (χ2n) is 9.75. The van der Waals surface area contributed by atoms with Gasteiger partial charge in [-0.3, -0.25) is 9.58 Å². The van der Waals surface area contributed by atoms with E-state index in [0.29, 0.717) is 11.3 Å². The summed E-state index contributed by atoms with van der Waals surface area (Å²) in [5.74, 6) is -0.507. The van der Waals surface area contributed by atoms with E-state index < -0.39 is 17.6 Å². The van der Waals surface area contributed by atoms with Crippen molar-refractivity contribution in [3.63, 3.8) is 0 Å². The van der Waals surface area contributed by atoms with Crippen molar-refractivity contribution in [2.45, 2.75) is 55.8 Å². The molecule has 1 saturated heterocycles. The molecule has 0 amide bonds. The van der Waals surface area contributed by atoms with Crippen molar-refractivity contribution >= 4 is 5.82 Å². The van der Waals surface area contributed by atoms with Crippen molar-refractivity contribution in [3.05, 3.63) is 78.6 Å². The first-order valence-electron chi connectivity index (χ1n) is 12.6. The second kappa shape index (κ2) is 10.3. The first-order valence-corrected chi connectivity index (χ1v) is 12.6. The molecule has 1 atom stereocenters. The van der Waals surface area contributed by atoms with Crippen LogP contribution in [-0.4, -0.2) is 39.8 Å². The average Bonchev–Trinajstić information content (AvgIpc) is 3.59. The minimum Gasteiger partial charge on any atom is -0.383 e. The Morgan fingerprint density at radius 3 is 2.27 bits per heavy atom. The third-order valence-corrected chi connectivity index (χ3v) is 8.10. The van der Waals surface area contributed by atoms with Crippen LogP contribution in [0.2, 0.25) is 0 Å². The number of pyridine rings is 1. The molecule has 6 rings (SSSR count). The number of fused-ring (bicyclic) bond motifs is 2. The van der Waals surface area contributed by atoms with Crippen LogP contribution in [-0.2, 0) is 23.7 Å². The zero-order chi connectivity index (χ0) is 26.8. The summed E-state index contributed by atoms with van der Waals surface area (Å²) in [5, 5.41) is 4.66. The fourth-order valence-corrected chi connectivity index (χ4v) is 6.14. The van der Waals surface area contributed by atoms with Crippen LogP contribution in [0, 0.1) is 0 Å². The molecule has 198 valence electrons. The monoisotopic (exact) mass is 512 g/mol. The number of aromatic nitrogens is 3. The zero-order valence-electron chi connectivity index (χ0n) is 21.3. The van der Waals surface area contributed by atoms with Crippen LogP contribution in [0.25, 0.3) is 11.3 Å². The van der Waals surface area contributed by atoms with E-state index in [1.54, 1.807) is 0 Å². The van der Waals surface area contributed by atoms with Gasteiger partial charge in [-0.15, -0.1) is 13.2 Å². The fourth-order valence-electron chi connectivity index (χ4n) is 6.14. The van der Waals surface area contributed by atoms with Gasteiger partial charge in [-0.05, 0) is 56.8 Å². The van der Waals surface area contributed by atoms with Crippen LogP contribution in [0.3, 0.4) is 0 Å². The molecule has 9 heteroatoms. The molecule has 1 spiro atoms. The molecule has 37 heavy (non-hydrogen) atoms. The summed E-state index contributed by atoms with van der Waals surface area (Å²) in [7, 11) is 1.50. The van der Waals surface area contributed by atoms with E-state index in [9.17, 15) is 13.2 Å². The molecule has 3 aromatic rings. The van der Waals surface area contributed by atoms with Gasteiger partial charge in [0.1, 0.15) is 5.82 Å². The molecular weight excluding hydrogens is 477 g/mol. The van der Waals surface area contributed by atoms with Crippen molar-refractivity contribution in [1.29, 1.82) is 0 Å². The van der Waals surface area contributed by atoms with Gasteiger partial charge in [-0.1, -0.05) is 30.3 Å². The third-order valence-electron chi connectivity index (χ3n) is 8.10. The Bertz CT molecular complexity index is 1220. The molecule has 3 aliphatic rings. The summed E-state index contributed by atoms with van der Waals surface area (Å²) in [6, 6.07) is 13.8. The maximum atomic E-state index is 13.3. The number of hydrogen-bond acceptors (Lipinski definition) is 5. The highest BCUT2D eigenvalue weighted by molar-refractivity contribution is 5.63. The van der Waals surface area contributed by atoms with Crippen molar-refractivity contribution in [2.75, 3.05) is 25.9 Å². The average molecular weight is 513 g/mol. The van der Waals surface area contributed by atoms with Gasteiger partial charge >= 0.3 is 6.18 Å². The lowest BCUT2D eigenvalue weighted by Gasteiger charge is -2.50. The Morgan fingerprint density at radius 2 is 1.65 bits per heavy atom. The molecule has 2 aromatic heterocycles. The minimum atomic E-state index is -4.54. The lowest BCUT2D eigenvalue weighted by Crippen LogP contribution is -2.51. The molecule has 1 unspecified atom stereocenters. The normalized spacial score (nSPS) is 21.9. The van der Waals surface area contributed by atoms with E-state index in [1.165, 1.54) is 38.1 Å². The van der Waals surface area contributed by atoms with Gasteiger partial charge in [0.15, 0.2) is 0 Å². The van der Waals surface area contributed by atoms with Crippen LogP contribution < -0.4 is 11.5 Å². The van der Waals surface area contributed by atoms with Gasteiger partial charge in [-0.25, -0.2) is 4.98 Å². The van der Waals surface area contributed by atoms with Crippen LogP contribution >= 0.6 is 0 Å². The topological polar surface area (TPSA) is 86.0 Å². The van der Waals surface area contributed by atoms with Crippen molar-refractivity contribution in [2.24, 2.45) is 5.73 Å². The number of alkyl halides is 3. The van der Waals surface area contributed by atoms with E-state index in [-0.39, 0.29) is 11.0 Å². The van der Waals surface area contributed by atoms with Crippen molar-refractivity contribution in [3.8, 4) is 11.3 Å². The summed E-state index contributed by atoms with van der Waals surface area (Å²) < 4.78 is 42.0. The van der Waals surface area contributed by atoms with E-state index in [2.05, 4.69) is 64.2 Å². The van der Waals surface area contributed by atoms with Crippen molar-refractivity contribution in [1.82, 2.24) is 19.7 Å². The molecule has 4 N–H and O–H groups in total. The lowest BCUT2D eigenvalue weighted by molar-refractivity contribution is -0.137. The number of benzene rings is 1. The highest BCUT2D eigenvalue weighted by Crippen LogP contribution is 2.53. The number of rotatable bonds is 3. The Kier molecular flexibility index (Phi) is 7.48. The Balaban J connectivity index is 0.000000765. The van der Waals surface area contributed by atoms with E-state index in [0.717, 1.165) is 44.2 Å². The SMILES string of the molecule is C=C.CN.Nc1ncc(-c2cc3n(n2)CCC32CCN(C3(c4ccccc4)CCC3)C2)cc1C(F)(F)F. The summed E-state index contributed by atoms with van der Waals surface area (Å²) in [6.45, 7) is 8.77. The zero-order valence-corrected chi connectivity index (χ0v) is 21.3. The molecule has 2 fully saturated rings. The van der Waals surface area contributed by atoms with Gasteiger partial charge in [0.2, 0.25) is 0 Å². The number of likely N-dealkylation sites (tertiary alicyclic amines) is 1. The molecule has 2 aliphatic heterocycles. The number of nitrogens with two attached hydrogens (primary N) is 2. The molecule has 0 radical (unpaired) electrons. The van der Waals surface area contributed by atoms with Gasteiger partial charge in [0.05, 0.1) is 11.3 Å². The smallest absolute Gasteiger partial charge is 0.383 e. The Hall–Kier alpha value is -3.17. The van der Waals surface area contributed by atoms with E-state index in [4.69, 9.17) is 5.73 Å². The van der Waals surface area contributed by atoms with Gasteiger partial charge in [0, 0.05) is 48.0 Å². The Labute approximate surface area is 216 Å². The number of aryl methyl sites for hydroxylation is 1. The summed E-state index contributed by atoms with van der Waals surface area (Å²) in [4.78, 5) is 6.44. The molecule has 6 nitrogen and oxygen atoms in total. The summed E-state index contributed by atoms with van der Waals surface area (Å²) in [5.41, 5.74) is 12.6. The number of nitrogen functional groups attached to an aromatic ring is 1. The van der Waals surface area contributed by atoms with Gasteiger partial charge in [-0.2, -0.15) is 18.3 Å². The number of hydrogen-bond donors (Lipinski definition) is 2. The quantitative estimate of drug-likeness (QED) is 0.462. The first-order chi connectivity index (χ1) is 17.8. The van der Waals surface area contributed by atoms with Gasteiger partial charge in [0.25, 0.3) is 0 Å². The highest BCUT2D eigenvalue weighted by Gasteiger charge is 2.53. The fraction of sp³-hybridized carbons (Fsp3) is 0.429. The lowest BCUT2D eigenvalue weighted by atomic mass is 9.70. The van der Waals surface area contributed by atoms with Crippen LogP contribution in [0.5, 0.6) is 0 Å². The molecule has 1 aromatic carbocycles. The van der Waals surface area contributed by atoms with Gasteiger partial charge < -0.3 is 11.5 Å². The van der Waals surface area contributed by atoms with Crippen LogP contribution in [0.1, 0.15) is 48.9 Å². The van der Waals surface area contributed by atoms with E-state index in [1.807, 2.05) is 10.7 Å². The number of nitrogens with zero attached hydrogens (tertiary/aromatic N) is 4. The predicted molar refractivity (Wildman–Crippen MR) is 141 cm³/mol. The predicted octanol–water partition coefficient (Wildman–Crippen LogP) is 5.35. The van der Waals surface area contributed by atoms with Crippen LogP contribution in [0.4, 0.5) is 19.0 Å². The van der Waals surface area contributed by atoms with Crippen molar-refractivity contribution < 1.29 is 13.2 Å². The molecule has 0 bridgehead atoms. The summed E-state index contributed by atoms with van der Waals surface area (Å²) >= 11 is 0. The highest BCUT2D eigenvalue weighted by atomic mass is 19.4. The van der Waals surface area contributed by atoms with Crippen LogP contribution in [0.15, 0.2) is 61.8 Å². The minimum absolute atomic E-state index is 0.00326. The molecule has 1 saturated carbocycles. The second-order valence-corrected chi connectivity index (χ2v) is 9.75. The first kappa shape index (κ1) is 26.9.